The SMILES string of the molecule is O=C(Nc1cc(NCc2cn3cc(C4CC4)ccc3n2)nc(N2CCCC2)n1)[C@@H]1C[C@H]1c1cccc(Cl)c1. The topological polar surface area (TPSA) is 87.5 Å². The van der Waals surface area contributed by atoms with Gasteiger partial charge in [0.2, 0.25) is 11.9 Å². The normalized spacial score (nSPS) is 20.6. The summed E-state index contributed by atoms with van der Waals surface area (Å²) in [5.41, 5.74) is 4.37. The van der Waals surface area contributed by atoms with E-state index in [-0.39, 0.29) is 17.7 Å². The van der Waals surface area contributed by atoms with Crippen molar-refractivity contribution in [3.63, 3.8) is 0 Å². The zero-order chi connectivity index (χ0) is 25.6. The minimum atomic E-state index is -0.0754. The fourth-order valence-electron chi connectivity index (χ4n) is 5.44. The van der Waals surface area contributed by atoms with E-state index in [9.17, 15) is 4.79 Å². The molecule has 1 saturated heterocycles. The number of pyridine rings is 1. The minimum Gasteiger partial charge on any atom is -0.364 e. The first-order chi connectivity index (χ1) is 18.6. The number of amides is 1. The molecule has 8 nitrogen and oxygen atoms in total. The lowest BCUT2D eigenvalue weighted by Gasteiger charge is -2.17. The van der Waals surface area contributed by atoms with Gasteiger partial charge in [-0.05, 0) is 73.3 Å². The zero-order valence-electron chi connectivity index (χ0n) is 21.1. The Kier molecular flexibility index (Phi) is 5.92. The van der Waals surface area contributed by atoms with Crippen molar-refractivity contribution in [2.45, 2.75) is 50.5 Å². The molecule has 2 aliphatic carbocycles. The molecule has 9 heteroatoms. The van der Waals surface area contributed by atoms with Crippen LogP contribution in [0.2, 0.25) is 5.02 Å². The molecule has 1 aromatic carbocycles. The Morgan fingerprint density at radius 2 is 1.82 bits per heavy atom. The molecular weight excluding hydrogens is 498 g/mol. The van der Waals surface area contributed by atoms with Crippen molar-refractivity contribution in [3.05, 3.63) is 76.7 Å². The van der Waals surface area contributed by atoms with E-state index in [2.05, 4.69) is 44.5 Å². The van der Waals surface area contributed by atoms with Gasteiger partial charge in [0.25, 0.3) is 0 Å². The number of rotatable bonds is 8. The van der Waals surface area contributed by atoms with E-state index in [1.807, 2.05) is 30.3 Å². The molecule has 0 radical (unpaired) electrons. The van der Waals surface area contributed by atoms with Crippen molar-refractivity contribution in [2.24, 2.45) is 5.92 Å². The third-order valence-corrected chi connectivity index (χ3v) is 8.02. The summed E-state index contributed by atoms with van der Waals surface area (Å²) >= 11 is 6.15. The summed E-state index contributed by atoms with van der Waals surface area (Å²) in [6.45, 7) is 2.38. The highest BCUT2D eigenvalue weighted by molar-refractivity contribution is 6.30. The average Bonchev–Trinajstić information content (AvgIpc) is 3.83. The van der Waals surface area contributed by atoms with Crippen LogP contribution in [0.25, 0.3) is 5.65 Å². The Hall–Kier alpha value is -3.65. The lowest BCUT2D eigenvalue weighted by molar-refractivity contribution is -0.117. The summed E-state index contributed by atoms with van der Waals surface area (Å²) in [5.74, 6) is 2.66. The van der Waals surface area contributed by atoms with Gasteiger partial charge in [-0.1, -0.05) is 29.8 Å². The molecule has 3 aliphatic rings. The number of halogens is 1. The van der Waals surface area contributed by atoms with Crippen LogP contribution in [0.15, 0.2) is 54.9 Å². The number of imidazole rings is 1. The van der Waals surface area contributed by atoms with Gasteiger partial charge in [0.15, 0.2) is 0 Å². The monoisotopic (exact) mass is 527 g/mol. The van der Waals surface area contributed by atoms with Crippen molar-refractivity contribution in [2.75, 3.05) is 28.6 Å². The smallest absolute Gasteiger partial charge is 0.229 e. The molecule has 1 amide bonds. The highest BCUT2D eigenvalue weighted by Crippen LogP contribution is 2.48. The number of anilines is 3. The molecule has 2 atom stereocenters. The van der Waals surface area contributed by atoms with Gasteiger partial charge in [-0.2, -0.15) is 9.97 Å². The predicted octanol–water partition coefficient (Wildman–Crippen LogP) is 5.61. The first-order valence-corrected chi connectivity index (χ1v) is 13.9. The van der Waals surface area contributed by atoms with Gasteiger partial charge >= 0.3 is 0 Å². The third kappa shape index (κ3) is 4.92. The second-order valence-electron chi connectivity index (χ2n) is 10.7. The molecule has 1 aliphatic heterocycles. The van der Waals surface area contributed by atoms with Gasteiger partial charge < -0.3 is 19.9 Å². The molecule has 0 spiro atoms. The van der Waals surface area contributed by atoms with E-state index in [4.69, 9.17) is 26.6 Å². The van der Waals surface area contributed by atoms with Crippen molar-refractivity contribution in [3.8, 4) is 0 Å². The van der Waals surface area contributed by atoms with Crippen LogP contribution >= 0.6 is 11.6 Å². The maximum atomic E-state index is 13.1. The number of hydrogen-bond donors (Lipinski definition) is 2. The number of hydrogen-bond acceptors (Lipinski definition) is 6. The fraction of sp³-hybridized carbons (Fsp3) is 0.379. The minimum absolute atomic E-state index is 0.0150. The van der Waals surface area contributed by atoms with Crippen LogP contribution in [-0.4, -0.2) is 38.3 Å². The van der Waals surface area contributed by atoms with E-state index in [0.717, 1.165) is 49.3 Å². The molecule has 3 aromatic heterocycles. The second kappa shape index (κ2) is 9.58. The lowest BCUT2D eigenvalue weighted by Crippen LogP contribution is -2.23. The summed E-state index contributed by atoms with van der Waals surface area (Å²) in [6, 6.07) is 13.9. The van der Waals surface area contributed by atoms with Crippen LogP contribution < -0.4 is 15.5 Å². The highest BCUT2D eigenvalue weighted by atomic mass is 35.5. The number of nitrogens with zero attached hydrogens (tertiary/aromatic N) is 5. The van der Waals surface area contributed by atoms with Crippen molar-refractivity contribution in [1.82, 2.24) is 19.4 Å². The Labute approximate surface area is 226 Å². The van der Waals surface area contributed by atoms with Gasteiger partial charge in [0.05, 0.1) is 12.2 Å². The van der Waals surface area contributed by atoms with Crippen LogP contribution in [0.3, 0.4) is 0 Å². The maximum absolute atomic E-state index is 13.1. The average molecular weight is 528 g/mol. The number of carbonyl (C=O) groups excluding carboxylic acids is 1. The summed E-state index contributed by atoms with van der Waals surface area (Å²) in [4.78, 5) is 29.5. The molecule has 0 bridgehead atoms. The summed E-state index contributed by atoms with van der Waals surface area (Å²) < 4.78 is 2.11. The Morgan fingerprint density at radius 3 is 2.63 bits per heavy atom. The first kappa shape index (κ1) is 23.5. The van der Waals surface area contributed by atoms with Gasteiger partial charge in [0, 0.05) is 42.5 Å². The number of nitrogens with one attached hydrogen (secondary N) is 2. The summed E-state index contributed by atoms with van der Waals surface area (Å²) in [6.07, 6.45) is 9.89. The molecule has 0 unspecified atom stereocenters. The predicted molar refractivity (Wildman–Crippen MR) is 149 cm³/mol. The van der Waals surface area contributed by atoms with Crippen molar-refractivity contribution in [1.29, 1.82) is 0 Å². The van der Waals surface area contributed by atoms with Crippen LogP contribution in [0, 0.1) is 5.92 Å². The Bertz CT molecular complexity index is 1510. The van der Waals surface area contributed by atoms with Gasteiger partial charge in [-0.3, -0.25) is 4.79 Å². The van der Waals surface area contributed by atoms with E-state index in [1.54, 1.807) is 0 Å². The third-order valence-electron chi connectivity index (χ3n) is 7.78. The van der Waals surface area contributed by atoms with Gasteiger partial charge in [0.1, 0.15) is 17.3 Å². The van der Waals surface area contributed by atoms with Crippen LogP contribution in [0.1, 0.15) is 60.8 Å². The molecule has 4 aromatic rings. The van der Waals surface area contributed by atoms with Crippen LogP contribution in [0.5, 0.6) is 0 Å². The van der Waals surface area contributed by atoms with Crippen LogP contribution in [0.4, 0.5) is 17.6 Å². The highest BCUT2D eigenvalue weighted by Gasteiger charge is 2.44. The standard InChI is InChI=1S/C29H30ClN7O/c30-21-5-3-4-19(12-21)23-13-24(23)28(38)33-26-14-25(34-29(35-26)36-10-1-2-11-36)31-15-22-17-37-16-20(18-6-7-18)8-9-27(37)32-22/h3-5,8-9,12,14,16-18,23-24H,1-2,6-7,10-11,13,15H2,(H2,31,33,34,35,38)/t23-,24+/m0/s1. The number of aromatic nitrogens is 4. The molecule has 2 N–H and O–H groups in total. The number of carbonyl (C=O) groups is 1. The Morgan fingerprint density at radius 1 is 0.974 bits per heavy atom. The maximum Gasteiger partial charge on any atom is 0.229 e. The summed E-state index contributed by atoms with van der Waals surface area (Å²) in [5, 5.41) is 7.17. The van der Waals surface area contributed by atoms with Crippen molar-refractivity contribution < 1.29 is 4.79 Å². The second-order valence-corrected chi connectivity index (χ2v) is 11.1. The number of fused-ring (bicyclic) bond motifs is 1. The summed E-state index contributed by atoms with van der Waals surface area (Å²) in [7, 11) is 0. The largest absolute Gasteiger partial charge is 0.364 e. The van der Waals surface area contributed by atoms with E-state index >= 15 is 0 Å². The van der Waals surface area contributed by atoms with Crippen LogP contribution in [-0.2, 0) is 11.3 Å². The van der Waals surface area contributed by atoms with Crippen molar-refractivity contribution >= 4 is 40.7 Å². The van der Waals surface area contributed by atoms with E-state index < -0.39 is 0 Å². The molecule has 4 heterocycles. The lowest BCUT2D eigenvalue weighted by atomic mass is 10.1. The first-order valence-electron chi connectivity index (χ1n) is 13.5. The molecule has 38 heavy (non-hydrogen) atoms. The molecular formula is C29H30ClN7O. The fourth-order valence-corrected chi connectivity index (χ4v) is 5.64. The van der Waals surface area contributed by atoms with E-state index in [0.29, 0.717) is 35.1 Å². The molecule has 3 fully saturated rings. The molecule has 2 saturated carbocycles. The number of benzene rings is 1. The van der Waals surface area contributed by atoms with Gasteiger partial charge in [-0.15, -0.1) is 0 Å². The zero-order valence-corrected chi connectivity index (χ0v) is 21.9. The van der Waals surface area contributed by atoms with E-state index in [1.165, 1.54) is 18.4 Å². The quantitative estimate of drug-likeness (QED) is 0.310. The van der Waals surface area contributed by atoms with Gasteiger partial charge in [-0.25, -0.2) is 4.98 Å². The molecule has 194 valence electrons. The Balaban J connectivity index is 1.07. The molecule has 7 rings (SSSR count).